The van der Waals surface area contributed by atoms with Crippen molar-refractivity contribution in [1.82, 2.24) is 5.32 Å². The van der Waals surface area contributed by atoms with E-state index in [1.165, 1.54) is 0 Å². The standard InChI is InChI=1S/C15H19F2NO3S/c1-9(2)10(3)18-14(19)7-21-15(20)8-22-13-6-11(16)4-5-12(13)17/h4-6,9-10H,7-8H2,1-3H3,(H,18,19)/t10-/m0/s1. The predicted molar refractivity (Wildman–Crippen MR) is 80.5 cm³/mol. The van der Waals surface area contributed by atoms with E-state index < -0.39 is 23.5 Å². The maximum Gasteiger partial charge on any atom is 0.316 e. The Labute approximate surface area is 132 Å². The van der Waals surface area contributed by atoms with Crippen LogP contribution in [0.15, 0.2) is 23.1 Å². The number of nitrogens with one attached hydrogen (secondary N) is 1. The minimum atomic E-state index is -0.666. The highest BCUT2D eigenvalue weighted by molar-refractivity contribution is 8.00. The van der Waals surface area contributed by atoms with E-state index in [0.29, 0.717) is 0 Å². The maximum atomic E-state index is 13.3. The molecule has 1 rings (SSSR count). The van der Waals surface area contributed by atoms with Crippen LogP contribution in [-0.4, -0.2) is 30.3 Å². The highest BCUT2D eigenvalue weighted by Crippen LogP contribution is 2.22. The van der Waals surface area contributed by atoms with Crippen molar-refractivity contribution in [3.8, 4) is 0 Å². The Balaban J connectivity index is 2.35. The van der Waals surface area contributed by atoms with Crippen molar-refractivity contribution in [3.63, 3.8) is 0 Å². The molecule has 0 radical (unpaired) electrons. The Kier molecular flexibility index (Phi) is 7.31. The lowest BCUT2D eigenvalue weighted by atomic mass is 10.1. The number of ether oxygens (including phenoxy) is 1. The predicted octanol–water partition coefficient (Wildman–Crippen LogP) is 2.76. The Morgan fingerprint density at radius 3 is 2.59 bits per heavy atom. The zero-order valence-electron chi connectivity index (χ0n) is 12.7. The average molecular weight is 331 g/mol. The molecule has 1 amide bonds. The maximum absolute atomic E-state index is 13.3. The molecule has 0 aliphatic heterocycles. The van der Waals surface area contributed by atoms with Crippen LogP contribution in [0.4, 0.5) is 8.78 Å². The molecule has 1 aromatic carbocycles. The summed E-state index contributed by atoms with van der Waals surface area (Å²) in [5, 5.41) is 2.69. The van der Waals surface area contributed by atoms with Crippen LogP contribution < -0.4 is 5.32 Å². The van der Waals surface area contributed by atoms with Crippen LogP contribution in [0, 0.1) is 17.6 Å². The largest absolute Gasteiger partial charge is 0.455 e. The summed E-state index contributed by atoms with van der Waals surface area (Å²) in [6, 6.07) is 2.97. The third-order valence-corrected chi connectivity index (χ3v) is 4.00. The third kappa shape index (κ3) is 6.43. The zero-order valence-corrected chi connectivity index (χ0v) is 13.5. The number of hydrogen-bond acceptors (Lipinski definition) is 4. The van der Waals surface area contributed by atoms with Crippen LogP contribution in [0.1, 0.15) is 20.8 Å². The van der Waals surface area contributed by atoms with Gasteiger partial charge in [-0.05, 0) is 31.0 Å². The van der Waals surface area contributed by atoms with Crippen LogP contribution in [-0.2, 0) is 14.3 Å². The molecule has 0 saturated heterocycles. The fraction of sp³-hybridized carbons (Fsp3) is 0.467. The van der Waals surface area contributed by atoms with E-state index in [-0.39, 0.29) is 29.2 Å². The van der Waals surface area contributed by atoms with Crippen LogP contribution >= 0.6 is 11.8 Å². The molecule has 0 fully saturated rings. The minimum Gasteiger partial charge on any atom is -0.455 e. The molecule has 0 unspecified atom stereocenters. The van der Waals surface area contributed by atoms with Gasteiger partial charge in [0.25, 0.3) is 5.91 Å². The van der Waals surface area contributed by atoms with Crippen molar-refractivity contribution in [1.29, 1.82) is 0 Å². The molecular formula is C15H19F2NO3S. The zero-order chi connectivity index (χ0) is 16.7. The molecule has 1 aromatic rings. The lowest BCUT2D eigenvalue weighted by Crippen LogP contribution is -2.38. The lowest BCUT2D eigenvalue weighted by Gasteiger charge is -2.17. The molecule has 0 aliphatic carbocycles. The minimum absolute atomic E-state index is 0.0230. The van der Waals surface area contributed by atoms with Gasteiger partial charge in [0.2, 0.25) is 0 Å². The highest BCUT2D eigenvalue weighted by Gasteiger charge is 2.13. The first kappa shape index (κ1) is 18.4. The van der Waals surface area contributed by atoms with Gasteiger partial charge in [0.15, 0.2) is 6.61 Å². The normalized spacial score (nSPS) is 12.1. The van der Waals surface area contributed by atoms with Crippen LogP contribution in [0.3, 0.4) is 0 Å². The number of benzene rings is 1. The Morgan fingerprint density at radius 1 is 1.27 bits per heavy atom. The van der Waals surface area contributed by atoms with Gasteiger partial charge in [-0.3, -0.25) is 9.59 Å². The summed E-state index contributed by atoms with van der Waals surface area (Å²) in [5.74, 6) is -2.18. The number of thioether (sulfide) groups is 1. The van der Waals surface area contributed by atoms with E-state index in [1.54, 1.807) is 0 Å². The molecule has 0 aliphatic rings. The molecule has 122 valence electrons. The van der Waals surface area contributed by atoms with Gasteiger partial charge in [0, 0.05) is 10.9 Å². The van der Waals surface area contributed by atoms with Crippen molar-refractivity contribution in [2.24, 2.45) is 5.92 Å². The smallest absolute Gasteiger partial charge is 0.316 e. The number of rotatable bonds is 7. The summed E-state index contributed by atoms with van der Waals surface area (Å²) < 4.78 is 31.1. The fourth-order valence-electron chi connectivity index (χ4n) is 1.37. The van der Waals surface area contributed by atoms with E-state index >= 15 is 0 Å². The fourth-order valence-corrected chi connectivity index (χ4v) is 2.13. The third-order valence-electron chi connectivity index (χ3n) is 2.99. The molecule has 0 aromatic heterocycles. The van der Waals surface area contributed by atoms with Gasteiger partial charge >= 0.3 is 5.97 Å². The van der Waals surface area contributed by atoms with E-state index in [2.05, 4.69) is 5.32 Å². The number of esters is 1. The number of halogens is 2. The van der Waals surface area contributed by atoms with Crippen LogP contribution in [0.5, 0.6) is 0 Å². The summed E-state index contributed by atoms with van der Waals surface area (Å²) in [6.07, 6.45) is 0. The van der Waals surface area contributed by atoms with Gasteiger partial charge in [0.05, 0.1) is 5.75 Å². The topological polar surface area (TPSA) is 55.4 Å². The molecule has 22 heavy (non-hydrogen) atoms. The Hall–Kier alpha value is -1.63. The molecule has 0 saturated carbocycles. The first-order valence-electron chi connectivity index (χ1n) is 6.82. The molecule has 0 spiro atoms. The summed E-state index contributed by atoms with van der Waals surface area (Å²) in [5.41, 5.74) is 0. The summed E-state index contributed by atoms with van der Waals surface area (Å²) in [7, 11) is 0. The van der Waals surface area contributed by atoms with Gasteiger partial charge in [-0.1, -0.05) is 13.8 Å². The molecule has 1 atom stereocenters. The number of carbonyl (C=O) groups excluding carboxylic acids is 2. The first-order chi connectivity index (χ1) is 10.3. The van der Waals surface area contributed by atoms with Gasteiger partial charge in [-0.2, -0.15) is 0 Å². The van der Waals surface area contributed by atoms with E-state index in [1.807, 2.05) is 20.8 Å². The Morgan fingerprint density at radius 2 is 1.95 bits per heavy atom. The molecule has 7 heteroatoms. The molecular weight excluding hydrogens is 312 g/mol. The number of amides is 1. The number of carbonyl (C=O) groups is 2. The molecule has 4 nitrogen and oxygen atoms in total. The summed E-state index contributed by atoms with van der Waals surface area (Å²) in [4.78, 5) is 23.1. The van der Waals surface area contributed by atoms with Gasteiger partial charge in [-0.15, -0.1) is 11.8 Å². The second-order valence-corrected chi connectivity index (χ2v) is 6.14. The van der Waals surface area contributed by atoms with Gasteiger partial charge in [0.1, 0.15) is 11.6 Å². The second kappa shape index (κ2) is 8.73. The van der Waals surface area contributed by atoms with E-state index in [4.69, 9.17) is 4.74 Å². The SMILES string of the molecule is CC(C)[C@H](C)NC(=O)COC(=O)CSc1cc(F)ccc1F. The first-order valence-corrected chi connectivity index (χ1v) is 7.81. The molecule has 0 heterocycles. The molecule has 1 N–H and O–H groups in total. The van der Waals surface area contributed by atoms with Gasteiger partial charge < -0.3 is 10.1 Å². The summed E-state index contributed by atoms with van der Waals surface area (Å²) >= 11 is 0.819. The van der Waals surface area contributed by atoms with E-state index in [9.17, 15) is 18.4 Å². The quantitative estimate of drug-likeness (QED) is 0.617. The highest BCUT2D eigenvalue weighted by atomic mass is 32.2. The van der Waals surface area contributed by atoms with Crippen molar-refractivity contribution >= 4 is 23.6 Å². The average Bonchev–Trinajstić information content (AvgIpc) is 2.45. The van der Waals surface area contributed by atoms with E-state index in [0.717, 1.165) is 30.0 Å². The monoisotopic (exact) mass is 331 g/mol. The second-order valence-electron chi connectivity index (χ2n) is 5.12. The lowest BCUT2D eigenvalue weighted by molar-refractivity contribution is -0.146. The van der Waals surface area contributed by atoms with Crippen molar-refractivity contribution in [2.45, 2.75) is 31.7 Å². The van der Waals surface area contributed by atoms with Crippen LogP contribution in [0.2, 0.25) is 0 Å². The van der Waals surface area contributed by atoms with Crippen molar-refractivity contribution in [3.05, 3.63) is 29.8 Å². The van der Waals surface area contributed by atoms with Crippen LogP contribution in [0.25, 0.3) is 0 Å². The van der Waals surface area contributed by atoms with Crippen molar-refractivity contribution < 1.29 is 23.1 Å². The van der Waals surface area contributed by atoms with Crippen molar-refractivity contribution in [2.75, 3.05) is 12.4 Å². The van der Waals surface area contributed by atoms with Gasteiger partial charge in [-0.25, -0.2) is 8.78 Å². The number of hydrogen-bond donors (Lipinski definition) is 1. The Bertz CT molecular complexity index is 538. The summed E-state index contributed by atoms with van der Waals surface area (Å²) in [6.45, 7) is 5.39. The molecule has 0 bridgehead atoms.